The molecule has 9 heteroatoms. The Morgan fingerprint density at radius 2 is 2.10 bits per heavy atom. The molecule has 0 spiro atoms. The van der Waals surface area contributed by atoms with E-state index in [1.54, 1.807) is 17.2 Å². The minimum atomic E-state index is -0.221. The summed E-state index contributed by atoms with van der Waals surface area (Å²) >= 11 is 6.62. The van der Waals surface area contributed by atoms with E-state index < -0.39 is 0 Å². The Labute approximate surface area is 191 Å². The number of fused-ring (bicyclic) bond motifs is 1. The van der Waals surface area contributed by atoms with Crippen LogP contribution in [0.15, 0.2) is 28.0 Å². The Kier molecular flexibility index (Phi) is 7.85. The maximum Gasteiger partial charge on any atom is 0.267 e. The van der Waals surface area contributed by atoms with Gasteiger partial charge in [0.15, 0.2) is 0 Å². The third-order valence-electron chi connectivity index (χ3n) is 4.71. The molecule has 0 aromatic carbocycles. The van der Waals surface area contributed by atoms with Crippen molar-refractivity contribution >= 4 is 51.7 Å². The van der Waals surface area contributed by atoms with Gasteiger partial charge in [-0.05, 0) is 43.9 Å². The summed E-state index contributed by atoms with van der Waals surface area (Å²) in [6.45, 7) is 10.4. The molecule has 3 heterocycles. The fourth-order valence-corrected chi connectivity index (χ4v) is 4.41. The summed E-state index contributed by atoms with van der Waals surface area (Å²) < 4.78 is 7.36. The molecule has 1 fully saturated rings. The molecule has 1 aliphatic rings. The van der Waals surface area contributed by atoms with Crippen molar-refractivity contribution in [2.75, 3.05) is 31.6 Å². The summed E-state index contributed by atoms with van der Waals surface area (Å²) in [5.41, 5.74) is 1.65. The lowest BCUT2D eigenvalue weighted by Crippen LogP contribution is -2.29. The van der Waals surface area contributed by atoms with Crippen LogP contribution in [0.1, 0.15) is 38.3 Å². The van der Waals surface area contributed by atoms with E-state index in [0.29, 0.717) is 64.9 Å². The Morgan fingerprint density at radius 1 is 1.32 bits per heavy atom. The van der Waals surface area contributed by atoms with Crippen molar-refractivity contribution in [3.63, 3.8) is 0 Å². The first-order valence-corrected chi connectivity index (χ1v) is 11.6. The molecule has 166 valence electrons. The molecule has 1 aliphatic heterocycles. The van der Waals surface area contributed by atoms with Crippen molar-refractivity contribution in [2.45, 2.75) is 34.1 Å². The Hall–Kier alpha value is -2.23. The second kappa shape index (κ2) is 10.4. The molecule has 1 amide bonds. The fourth-order valence-electron chi connectivity index (χ4n) is 3.12. The molecule has 2 aromatic rings. The summed E-state index contributed by atoms with van der Waals surface area (Å²) in [6, 6.07) is 3.74. The minimum absolute atomic E-state index is 0.185. The van der Waals surface area contributed by atoms with Gasteiger partial charge in [0.2, 0.25) is 0 Å². The van der Waals surface area contributed by atoms with Crippen LogP contribution >= 0.6 is 24.0 Å². The predicted molar refractivity (Wildman–Crippen MR) is 131 cm³/mol. The third-order valence-corrected chi connectivity index (χ3v) is 6.08. The van der Waals surface area contributed by atoms with E-state index in [9.17, 15) is 9.59 Å². The fraction of sp³-hybridized carbons (Fsp3) is 0.455. The standard InChI is InChI=1S/C22H28N4O3S2/c1-5-29-10-6-9-25-21(28)17(31-22(25)30)11-16-19(23-12-14(2)3)24-18-8-7-15(4)13-26(18)20(16)27/h7-8,11,13-14,23H,5-6,9-10,12H2,1-4H3/b17-11+. The second-order valence-corrected chi connectivity index (χ2v) is 9.45. The van der Waals surface area contributed by atoms with E-state index in [2.05, 4.69) is 24.1 Å². The van der Waals surface area contributed by atoms with Crippen LogP contribution in [0.25, 0.3) is 11.7 Å². The van der Waals surface area contributed by atoms with Crippen LogP contribution in [0.5, 0.6) is 0 Å². The van der Waals surface area contributed by atoms with E-state index in [1.165, 1.54) is 16.2 Å². The highest BCUT2D eigenvalue weighted by molar-refractivity contribution is 8.26. The van der Waals surface area contributed by atoms with E-state index >= 15 is 0 Å². The quantitative estimate of drug-likeness (QED) is 0.347. The lowest BCUT2D eigenvalue weighted by Gasteiger charge is -2.14. The number of anilines is 1. The first kappa shape index (κ1) is 23.4. The number of nitrogens with one attached hydrogen (secondary N) is 1. The topological polar surface area (TPSA) is 75.9 Å². The first-order valence-electron chi connectivity index (χ1n) is 10.4. The van der Waals surface area contributed by atoms with Crippen molar-refractivity contribution in [3.05, 3.63) is 44.7 Å². The van der Waals surface area contributed by atoms with Crippen LogP contribution < -0.4 is 10.9 Å². The molecule has 31 heavy (non-hydrogen) atoms. The zero-order chi connectivity index (χ0) is 22.5. The third kappa shape index (κ3) is 5.53. The highest BCUT2D eigenvalue weighted by Gasteiger charge is 2.32. The van der Waals surface area contributed by atoms with Crippen molar-refractivity contribution < 1.29 is 9.53 Å². The van der Waals surface area contributed by atoms with E-state index in [0.717, 1.165) is 5.56 Å². The van der Waals surface area contributed by atoms with E-state index in [1.807, 2.05) is 26.0 Å². The number of ether oxygens (including phenoxy) is 1. The van der Waals surface area contributed by atoms with Gasteiger partial charge in [-0.1, -0.05) is 43.9 Å². The number of aryl methyl sites for hydroxylation is 1. The number of pyridine rings is 1. The maximum absolute atomic E-state index is 13.3. The first-order chi connectivity index (χ1) is 14.8. The van der Waals surface area contributed by atoms with E-state index in [-0.39, 0.29) is 11.5 Å². The van der Waals surface area contributed by atoms with Crippen molar-refractivity contribution in [3.8, 4) is 0 Å². The van der Waals surface area contributed by atoms with Gasteiger partial charge in [-0.3, -0.25) is 18.9 Å². The van der Waals surface area contributed by atoms with Gasteiger partial charge >= 0.3 is 0 Å². The summed E-state index contributed by atoms with van der Waals surface area (Å²) in [6.07, 6.45) is 4.08. The highest BCUT2D eigenvalue weighted by atomic mass is 32.2. The summed E-state index contributed by atoms with van der Waals surface area (Å²) in [7, 11) is 0. The monoisotopic (exact) mass is 460 g/mol. The number of aromatic nitrogens is 2. The number of carbonyl (C=O) groups is 1. The normalized spacial score (nSPS) is 15.6. The molecule has 0 unspecified atom stereocenters. The molecule has 3 rings (SSSR count). The molecule has 0 bridgehead atoms. The molecule has 1 N–H and O–H groups in total. The van der Waals surface area contributed by atoms with Gasteiger partial charge in [-0.2, -0.15) is 0 Å². The number of hydrogen-bond acceptors (Lipinski definition) is 7. The molecule has 0 radical (unpaired) electrons. The second-order valence-electron chi connectivity index (χ2n) is 7.77. The number of hydrogen-bond donors (Lipinski definition) is 1. The summed E-state index contributed by atoms with van der Waals surface area (Å²) in [5.74, 6) is 0.661. The van der Waals surface area contributed by atoms with Gasteiger partial charge in [0, 0.05) is 32.5 Å². The van der Waals surface area contributed by atoms with Gasteiger partial charge in [0.05, 0.1) is 10.5 Å². The van der Waals surface area contributed by atoms with Gasteiger partial charge in [-0.15, -0.1) is 0 Å². The molecule has 1 saturated heterocycles. The Balaban J connectivity index is 1.98. The zero-order valence-electron chi connectivity index (χ0n) is 18.3. The van der Waals surface area contributed by atoms with Crippen molar-refractivity contribution in [1.82, 2.24) is 14.3 Å². The van der Waals surface area contributed by atoms with Crippen LogP contribution in [0, 0.1) is 12.8 Å². The largest absolute Gasteiger partial charge is 0.382 e. The number of nitrogens with zero attached hydrogens (tertiary/aromatic N) is 3. The lowest BCUT2D eigenvalue weighted by atomic mass is 10.2. The van der Waals surface area contributed by atoms with Crippen molar-refractivity contribution in [1.29, 1.82) is 0 Å². The number of thioether (sulfide) groups is 1. The van der Waals surface area contributed by atoms with E-state index in [4.69, 9.17) is 17.0 Å². The summed E-state index contributed by atoms with van der Waals surface area (Å²) in [5, 5.41) is 3.27. The number of amides is 1. The predicted octanol–water partition coefficient (Wildman–Crippen LogP) is 3.70. The average molecular weight is 461 g/mol. The molecular weight excluding hydrogens is 432 g/mol. The maximum atomic E-state index is 13.3. The SMILES string of the molecule is CCOCCCN1C(=O)/C(=C\c2c(NCC(C)C)nc3ccc(C)cn3c2=O)SC1=S. The molecule has 2 aromatic heterocycles. The number of carbonyl (C=O) groups excluding carboxylic acids is 1. The smallest absolute Gasteiger partial charge is 0.267 e. The molecule has 0 aliphatic carbocycles. The van der Waals surface area contributed by atoms with Crippen LogP contribution in [-0.2, 0) is 9.53 Å². The van der Waals surface area contributed by atoms with Gasteiger partial charge in [0.1, 0.15) is 15.8 Å². The molecule has 7 nitrogen and oxygen atoms in total. The van der Waals surface area contributed by atoms with Crippen LogP contribution in [0.2, 0.25) is 0 Å². The average Bonchev–Trinajstić information content (AvgIpc) is 2.99. The van der Waals surface area contributed by atoms with Gasteiger partial charge < -0.3 is 10.1 Å². The Bertz CT molecular complexity index is 1080. The minimum Gasteiger partial charge on any atom is -0.382 e. The molecule has 0 saturated carbocycles. The Morgan fingerprint density at radius 3 is 2.81 bits per heavy atom. The number of thiocarbonyl (C=S) groups is 1. The van der Waals surface area contributed by atoms with Crippen LogP contribution in [0.3, 0.4) is 0 Å². The van der Waals surface area contributed by atoms with Gasteiger partial charge in [0.25, 0.3) is 11.5 Å². The molecule has 0 atom stereocenters. The van der Waals surface area contributed by atoms with Gasteiger partial charge in [-0.25, -0.2) is 4.98 Å². The van der Waals surface area contributed by atoms with Crippen molar-refractivity contribution in [2.24, 2.45) is 5.92 Å². The summed E-state index contributed by atoms with van der Waals surface area (Å²) in [4.78, 5) is 32.9. The van der Waals surface area contributed by atoms with Crippen LogP contribution in [-0.4, -0.2) is 50.8 Å². The zero-order valence-corrected chi connectivity index (χ0v) is 19.9. The molecular formula is C22H28N4O3S2. The van der Waals surface area contributed by atoms with Crippen LogP contribution in [0.4, 0.5) is 5.82 Å². The lowest BCUT2D eigenvalue weighted by molar-refractivity contribution is -0.122. The number of rotatable bonds is 9. The highest BCUT2D eigenvalue weighted by Crippen LogP contribution is 2.33.